The number of thiophene rings is 1. The fraction of sp³-hybridized carbons (Fsp3) is 0.484. The van der Waals surface area contributed by atoms with E-state index in [1.165, 1.54) is 11.3 Å². The van der Waals surface area contributed by atoms with Gasteiger partial charge in [0, 0.05) is 43.0 Å². The summed E-state index contributed by atoms with van der Waals surface area (Å²) in [5.41, 5.74) is 0.668. The molecule has 0 spiro atoms. The quantitative estimate of drug-likeness (QED) is 0.286. The zero-order valence-corrected chi connectivity index (χ0v) is 25.4. The molecule has 41 heavy (non-hydrogen) atoms. The van der Waals surface area contributed by atoms with Crippen molar-refractivity contribution in [3.8, 4) is 5.75 Å². The van der Waals surface area contributed by atoms with Gasteiger partial charge in [-0.15, -0.1) is 16.2 Å². The first kappa shape index (κ1) is 30.6. The lowest BCUT2D eigenvalue weighted by Crippen LogP contribution is -2.38. The normalized spacial score (nSPS) is 15.0. The van der Waals surface area contributed by atoms with Crippen molar-refractivity contribution in [2.75, 3.05) is 57.9 Å². The molecule has 220 valence electrons. The van der Waals surface area contributed by atoms with E-state index in [4.69, 9.17) is 9.47 Å². The maximum atomic E-state index is 13.6. The third kappa shape index (κ3) is 7.12. The number of anilines is 1. The predicted molar refractivity (Wildman–Crippen MR) is 164 cm³/mol. The van der Waals surface area contributed by atoms with Crippen molar-refractivity contribution in [2.45, 2.75) is 46.1 Å². The zero-order chi connectivity index (χ0) is 29.6. The molecule has 1 saturated heterocycles. The van der Waals surface area contributed by atoms with Crippen LogP contribution in [0.2, 0.25) is 0 Å². The number of carbonyl (C=O) groups is 2. The van der Waals surface area contributed by atoms with Crippen molar-refractivity contribution in [3.63, 3.8) is 0 Å². The summed E-state index contributed by atoms with van der Waals surface area (Å²) in [6.45, 7) is 15.6. The molecule has 4 rings (SSSR count). The van der Waals surface area contributed by atoms with Gasteiger partial charge in [-0.2, -0.15) is 0 Å². The Morgan fingerprint density at radius 3 is 2.41 bits per heavy atom. The van der Waals surface area contributed by atoms with Crippen LogP contribution < -0.4 is 10.1 Å². The molecule has 9 nitrogen and oxygen atoms in total. The van der Waals surface area contributed by atoms with Crippen molar-refractivity contribution < 1.29 is 19.1 Å². The second-order valence-electron chi connectivity index (χ2n) is 11.1. The highest BCUT2D eigenvalue weighted by atomic mass is 32.1. The Morgan fingerprint density at radius 2 is 1.78 bits per heavy atom. The third-order valence-electron chi connectivity index (χ3n) is 7.31. The number of rotatable bonds is 11. The third-order valence-corrected chi connectivity index (χ3v) is 8.86. The van der Waals surface area contributed by atoms with Crippen molar-refractivity contribution in [3.05, 3.63) is 62.7 Å². The summed E-state index contributed by atoms with van der Waals surface area (Å²) < 4.78 is 11.5. The van der Waals surface area contributed by atoms with Gasteiger partial charge in [0.05, 0.1) is 18.9 Å². The summed E-state index contributed by atoms with van der Waals surface area (Å²) in [7, 11) is 0. The van der Waals surface area contributed by atoms with Gasteiger partial charge in [-0.1, -0.05) is 56.3 Å². The molecule has 0 radical (unpaired) electrons. The van der Waals surface area contributed by atoms with Gasteiger partial charge in [-0.3, -0.25) is 14.5 Å². The van der Waals surface area contributed by atoms with Crippen LogP contribution in [-0.2, 0) is 14.9 Å². The summed E-state index contributed by atoms with van der Waals surface area (Å²) in [5, 5.41) is 7.63. The smallest absolute Gasteiger partial charge is 0.266 e. The van der Waals surface area contributed by atoms with Gasteiger partial charge in [0.2, 0.25) is 0 Å². The Hall–Kier alpha value is -3.34. The van der Waals surface area contributed by atoms with Crippen LogP contribution in [0.25, 0.3) is 10.8 Å². The SMILES string of the molecule is CCN(CC)C(=O)c1sc(C(C)(C)C)cc1NC(=O)C(N=O)c1ccc(OCCN2CCOCC2)c2ccccc12. The molecule has 2 amide bonds. The highest BCUT2D eigenvalue weighted by Crippen LogP contribution is 2.38. The van der Waals surface area contributed by atoms with Gasteiger partial charge in [0.25, 0.3) is 11.8 Å². The Morgan fingerprint density at radius 1 is 1.10 bits per heavy atom. The van der Waals surface area contributed by atoms with Crippen LogP contribution in [0.5, 0.6) is 5.75 Å². The van der Waals surface area contributed by atoms with Crippen LogP contribution in [0.15, 0.2) is 47.6 Å². The Labute approximate surface area is 245 Å². The first-order chi connectivity index (χ1) is 19.7. The molecule has 1 unspecified atom stereocenters. The summed E-state index contributed by atoms with van der Waals surface area (Å²) in [4.78, 5) is 44.5. The van der Waals surface area contributed by atoms with E-state index in [9.17, 15) is 14.5 Å². The molecule has 10 heteroatoms. The number of hydrogen-bond donors (Lipinski definition) is 1. The van der Waals surface area contributed by atoms with E-state index in [2.05, 4.69) is 36.2 Å². The Kier molecular flexibility index (Phi) is 10.1. The number of nitrogens with one attached hydrogen (secondary N) is 1. The first-order valence-electron chi connectivity index (χ1n) is 14.2. The molecule has 1 aliphatic rings. The largest absolute Gasteiger partial charge is 0.492 e. The van der Waals surface area contributed by atoms with E-state index in [0.29, 0.717) is 41.6 Å². The Balaban J connectivity index is 1.60. The average molecular weight is 581 g/mol. The lowest BCUT2D eigenvalue weighted by molar-refractivity contribution is -0.117. The molecule has 3 aromatic rings. The minimum Gasteiger partial charge on any atom is -0.492 e. The van der Waals surface area contributed by atoms with Gasteiger partial charge in [-0.25, -0.2) is 0 Å². The number of nitrogens with zero attached hydrogens (tertiary/aromatic N) is 3. The molecule has 2 heterocycles. The topological polar surface area (TPSA) is 101 Å². The average Bonchev–Trinajstić information content (AvgIpc) is 3.40. The fourth-order valence-electron chi connectivity index (χ4n) is 4.88. The highest BCUT2D eigenvalue weighted by molar-refractivity contribution is 7.14. The van der Waals surface area contributed by atoms with Crippen molar-refractivity contribution in [2.24, 2.45) is 5.18 Å². The second kappa shape index (κ2) is 13.5. The summed E-state index contributed by atoms with van der Waals surface area (Å²) in [6.07, 6.45) is 0. The van der Waals surface area contributed by atoms with E-state index in [0.717, 1.165) is 48.5 Å². The van der Waals surface area contributed by atoms with E-state index in [-0.39, 0.29) is 11.3 Å². The van der Waals surface area contributed by atoms with E-state index < -0.39 is 11.9 Å². The molecule has 0 bridgehead atoms. The maximum absolute atomic E-state index is 13.6. The molecule has 2 aromatic carbocycles. The molecule has 1 atom stereocenters. The second-order valence-corrected chi connectivity index (χ2v) is 12.1. The number of carbonyl (C=O) groups excluding carboxylic acids is 2. The van der Waals surface area contributed by atoms with Gasteiger partial charge in [-0.05, 0) is 42.3 Å². The summed E-state index contributed by atoms with van der Waals surface area (Å²) in [6, 6.07) is 11.6. The maximum Gasteiger partial charge on any atom is 0.266 e. The molecular weight excluding hydrogens is 540 g/mol. The van der Waals surface area contributed by atoms with Crippen LogP contribution in [-0.4, -0.2) is 74.2 Å². The summed E-state index contributed by atoms with van der Waals surface area (Å²) >= 11 is 1.37. The van der Waals surface area contributed by atoms with Gasteiger partial charge in [0.15, 0.2) is 6.04 Å². The molecule has 0 saturated carbocycles. The van der Waals surface area contributed by atoms with Gasteiger partial charge >= 0.3 is 0 Å². The molecule has 1 aromatic heterocycles. The minimum absolute atomic E-state index is 0.148. The number of nitroso groups, excluding NO2 is 1. The zero-order valence-electron chi connectivity index (χ0n) is 24.6. The number of ether oxygens (including phenoxy) is 2. The summed E-state index contributed by atoms with van der Waals surface area (Å²) in [5.74, 6) is -0.0501. The number of fused-ring (bicyclic) bond motifs is 1. The number of benzene rings is 2. The predicted octanol–water partition coefficient (Wildman–Crippen LogP) is 5.84. The first-order valence-corrected chi connectivity index (χ1v) is 15.0. The number of hydrogen-bond acceptors (Lipinski definition) is 8. The van der Waals surface area contributed by atoms with E-state index >= 15 is 0 Å². The Bertz CT molecular complexity index is 1370. The van der Waals surface area contributed by atoms with Gasteiger partial charge < -0.3 is 19.7 Å². The van der Waals surface area contributed by atoms with Crippen molar-refractivity contribution in [1.82, 2.24) is 9.80 Å². The van der Waals surface area contributed by atoms with Crippen LogP contribution >= 0.6 is 11.3 Å². The standard InChI is InChI=1S/C31H40N4O5S/c1-6-35(7-2)30(37)28-24(20-26(41-28)31(3,4)5)32-29(36)27(33-38)23-12-13-25(22-11-9-8-10-21(22)23)40-19-16-34-14-17-39-18-15-34/h8-13,20,27H,6-7,14-19H2,1-5H3,(H,32,36). The molecule has 1 N–H and O–H groups in total. The van der Waals surface area contributed by atoms with Gasteiger partial charge in [0.1, 0.15) is 17.2 Å². The van der Waals surface area contributed by atoms with E-state index in [1.807, 2.05) is 44.2 Å². The highest BCUT2D eigenvalue weighted by Gasteiger charge is 2.30. The van der Waals surface area contributed by atoms with Crippen LogP contribution in [0.3, 0.4) is 0 Å². The lowest BCUT2D eigenvalue weighted by atomic mass is 9.94. The number of amides is 2. The molecule has 1 aliphatic heterocycles. The van der Waals surface area contributed by atoms with Crippen LogP contribution in [0.1, 0.15) is 60.8 Å². The van der Waals surface area contributed by atoms with Crippen LogP contribution in [0.4, 0.5) is 5.69 Å². The van der Waals surface area contributed by atoms with E-state index in [1.54, 1.807) is 17.0 Å². The number of morpholine rings is 1. The fourth-order valence-corrected chi connectivity index (χ4v) is 6.02. The molecular formula is C31H40N4O5S. The van der Waals surface area contributed by atoms with Crippen molar-refractivity contribution in [1.29, 1.82) is 0 Å². The van der Waals surface area contributed by atoms with Crippen LogP contribution in [0, 0.1) is 4.91 Å². The molecule has 1 fully saturated rings. The monoisotopic (exact) mass is 580 g/mol. The van der Waals surface area contributed by atoms with Crippen molar-refractivity contribution >= 4 is 39.6 Å². The lowest BCUT2D eigenvalue weighted by Gasteiger charge is -2.26. The molecule has 0 aliphatic carbocycles. The minimum atomic E-state index is -1.31.